The molecule has 1 aromatic carbocycles. The molecule has 0 saturated carbocycles. The Kier molecular flexibility index (Phi) is 7.81. The van der Waals surface area contributed by atoms with Crippen molar-refractivity contribution >= 4 is 39.1 Å². The third kappa shape index (κ3) is 5.74. The van der Waals surface area contributed by atoms with Crippen LogP contribution in [0.4, 0.5) is 11.4 Å². The van der Waals surface area contributed by atoms with E-state index >= 15 is 0 Å². The van der Waals surface area contributed by atoms with Crippen molar-refractivity contribution in [3.63, 3.8) is 0 Å². The normalized spacial score (nSPS) is 21.8. The number of benzene rings is 1. The number of rotatable bonds is 9. The van der Waals surface area contributed by atoms with Crippen LogP contribution in [0.3, 0.4) is 0 Å². The number of nitrogens with zero attached hydrogens (tertiary/aromatic N) is 2. The van der Waals surface area contributed by atoms with Gasteiger partial charge in [0.1, 0.15) is 0 Å². The number of carbonyl (C=O) groups is 3. The molecule has 0 radical (unpaired) electrons. The zero-order valence-corrected chi connectivity index (χ0v) is 19.8. The van der Waals surface area contributed by atoms with Crippen molar-refractivity contribution in [2.24, 2.45) is 0 Å². The molecule has 1 atom stereocenters. The van der Waals surface area contributed by atoms with Crippen LogP contribution >= 0.6 is 0 Å². The average Bonchev–Trinajstić information content (AvgIpc) is 3.47. The van der Waals surface area contributed by atoms with Gasteiger partial charge in [0.15, 0.2) is 0 Å². The molecule has 1 aromatic rings. The van der Waals surface area contributed by atoms with Crippen LogP contribution in [-0.4, -0.2) is 87.4 Å². The molecule has 11 nitrogen and oxygen atoms in total. The minimum absolute atomic E-state index is 0.00601. The Labute approximate surface area is 198 Å². The molecule has 0 bridgehead atoms. The van der Waals surface area contributed by atoms with Gasteiger partial charge in [-0.3, -0.25) is 19.3 Å². The molecule has 1 unspecified atom stereocenters. The number of hydrogen-bond donors (Lipinski definition) is 2. The summed E-state index contributed by atoms with van der Waals surface area (Å²) < 4.78 is 38.5. The van der Waals surface area contributed by atoms with E-state index in [1.807, 2.05) is 0 Å². The fourth-order valence-corrected chi connectivity index (χ4v) is 5.64. The van der Waals surface area contributed by atoms with E-state index in [1.54, 1.807) is 6.07 Å². The highest BCUT2D eigenvalue weighted by Gasteiger charge is 2.30. The molecule has 186 valence electrons. The van der Waals surface area contributed by atoms with Gasteiger partial charge in [-0.2, -0.15) is 4.31 Å². The molecule has 3 aliphatic heterocycles. The SMILES string of the molecule is O=C(CCN1C(=O)CCC1=O)Nc1cc(S(=O)(=O)N2CCOCC2)ccc1NCC1CCCO1. The summed E-state index contributed by atoms with van der Waals surface area (Å²) in [6.45, 7) is 2.42. The molecule has 3 fully saturated rings. The number of sulfonamides is 1. The number of hydrogen-bond acceptors (Lipinski definition) is 8. The lowest BCUT2D eigenvalue weighted by Crippen LogP contribution is -2.40. The number of morpholine rings is 1. The van der Waals surface area contributed by atoms with Crippen molar-refractivity contribution in [3.05, 3.63) is 18.2 Å². The van der Waals surface area contributed by atoms with E-state index in [0.717, 1.165) is 17.7 Å². The molecule has 3 amide bonds. The summed E-state index contributed by atoms with van der Waals surface area (Å²) in [4.78, 5) is 37.4. The fraction of sp³-hybridized carbons (Fsp3) is 0.591. The van der Waals surface area contributed by atoms with Gasteiger partial charge < -0.3 is 20.1 Å². The summed E-state index contributed by atoms with van der Waals surface area (Å²) in [5, 5.41) is 6.00. The molecule has 12 heteroatoms. The molecule has 3 aliphatic rings. The Morgan fingerprint density at radius 2 is 1.79 bits per heavy atom. The van der Waals surface area contributed by atoms with Gasteiger partial charge in [-0.05, 0) is 31.0 Å². The van der Waals surface area contributed by atoms with Crippen molar-refractivity contribution in [2.45, 2.75) is 43.1 Å². The van der Waals surface area contributed by atoms with Crippen LogP contribution in [0.25, 0.3) is 0 Å². The highest BCUT2D eigenvalue weighted by atomic mass is 32.2. The van der Waals surface area contributed by atoms with E-state index in [-0.39, 0.29) is 61.7 Å². The largest absolute Gasteiger partial charge is 0.381 e. The van der Waals surface area contributed by atoms with Crippen molar-refractivity contribution in [2.75, 3.05) is 56.6 Å². The first-order valence-electron chi connectivity index (χ1n) is 11.5. The Morgan fingerprint density at radius 3 is 2.47 bits per heavy atom. The Balaban J connectivity index is 1.49. The molecule has 2 N–H and O–H groups in total. The van der Waals surface area contributed by atoms with Crippen molar-refractivity contribution < 1.29 is 32.3 Å². The van der Waals surface area contributed by atoms with Gasteiger partial charge in [0.05, 0.1) is 35.6 Å². The lowest BCUT2D eigenvalue weighted by molar-refractivity contribution is -0.138. The molecular weight excluding hydrogens is 464 g/mol. The maximum absolute atomic E-state index is 13.1. The minimum Gasteiger partial charge on any atom is -0.381 e. The predicted octanol–water partition coefficient (Wildman–Crippen LogP) is 0.776. The van der Waals surface area contributed by atoms with Crippen LogP contribution in [0.15, 0.2) is 23.1 Å². The second-order valence-electron chi connectivity index (χ2n) is 8.48. The van der Waals surface area contributed by atoms with E-state index in [1.165, 1.54) is 16.4 Å². The average molecular weight is 495 g/mol. The number of ether oxygens (including phenoxy) is 2. The predicted molar refractivity (Wildman–Crippen MR) is 123 cm³/mol. The van der Waals surface area contributed by atoms with E-state index in [2.05, 4.69) is 10.6 Å². The summed E-state index contributed by atoms with van der Waals surface area (Å²) >= 11 is 0. The topological polar surface area (TPSA) is 134 Å². The molecule has 4 rings (SSSR count). The number of nitrogens with one attached hydrogen (secondary N) is 2. The zero-order valence-electron chi connectivity index (χ0n) is 19.0. The number of carbonyl (C=O) groups excluding carboxylic acids is 3. The maximum Gasteiger partial charge on any atom is 0.243 e. The lowest BCUT2D eigenvalue weighted by Gasteiger charge is -2.26. The van der Waals surface area contributed by atoms with E-state index in [4.69, 9.17) is 9.47 Å². The van der Waals surface area contributed by atoms with Gasteiger partial charge in [-0.25, -0.2) is 8.42 Å². The van der Waals surface area contributed by atoms with Gasteiger partial charge in [0, 0.05) is 52.0 Å². The van der Waals surface area contributed by atoms with E-state index in [0.29, 0.717) is 37.7 Å². The van der Waals surface area contributed by atoms with E-state index in [9.17, 15) is 22.8 Å². The standard InChI is InChI=1S/C22H30N4O7S/c27-20(7-8-26-21(28)5-6-22(26)29)24-19-14-17(34(30,31)25-9-12-32-13-10-25)3-4-18(19)23-15-16-2-1-11-33-16/h3-4,14,16,23H,1-2,5-13,15H2,(H,24,27). The molecule has 3 saturated heterocycles. The molecule has 0 aromatic heterocycles. The summed E-state index contributed by atoms with van der Waals surface area (Å²) in [5.74, 6) is -0.987. The van der Waals surface area contributed by atoms with E-state index < -0.39 is 15.9 Å². The number of imide groups is 1. The molecule has 3 heterocycles. The smallest absolute Gasteiger partial charge is 0.243 e. The van der Waals surface area contributed by atoms with Crippen LogP contribution in [0.2, 0.25) is 0 Å². The number of anilines is 2. The monoisotopic (exact) mass is 494 g/mol. The van der Waals surface area contributed by atoms with Gasteiger partial charge in [-0.1, -0.05) is 0 Å². The van der Waals surface area contributed by atoms with Crippen molar-refractivity contribution in [1.82, 2.24) is 9.21 Å². The van der Waals surface area contributed by atoms with Crippen LogP contribution in [0.1, 0.15) is 32.1 Å². The summed E-state index contributed by atoms with van der Waals surface area (Å²) in [5.41, 5.74) is 0.884. The summed E-state index contributed by atoms with van der Waals surface area (Å²) in [6, 6.07) is 4.58. The van der Waals surface area contributed by atoms with Crippen molar-refractivity contribution in [3.8, 4) is 0 Å². The van der Waals surface area contributed by atoms with Crippen LogP contribution in [-0.2, 0) is 33.9 Å². The van der Waals surface area contributed by atoms with Crippen LogP contribution in [0.5, 0.6) is 0 Å². The molecule has 0 spiro atoms. The number of likely N-dealkylation sites (tertiary alicyclic amines) is 1. The first-order valence-corrected chi connectivity index (χ1v) is 13.0. The molecule has 34 heavy (non-hydrogen) atoms. The van der Waals surface area contributed by atoms with Crippen LogP contribution < -0.4 is 10.6 Å². The Bertz CT molecular complexity index is 1020. The van der Waals surface area contributed by atoms with Crippen LogP contribution in [0, 0.1) is 0 Å². The molecular formula is C22H30N4O7S. The van der Waals surface area contributed by atoms with Gasteiger partial charge in [-0.15, -0.1) is 0 Å². The highest BCUT2D eigenvalue weighted by molar-refractivity contribution is 7.89. The Hall–Kier alpha value is -2.54. The third-order valence-electron chi connectivity index (χ3n) is 6.13. The highest BCUT2D eigenvalue weighted by Crippen LogP contribution is 2.28. The second kappa shape index (κ2) is 10.8. The second-order valence-corrected chi connectivity index (χ2v) is 10.4. The fourth-order valence-electron chi connectivity index (χ4n) is 4.20. The molecule has 0 aliphatic carbocycles. The van der Waals surface area contributed by atoms with Gasteiger partial charge in [0.25, 0.3) is 0 Å². The minimum atomic E-state index is -3.76. The summed E-state index contributed by atoms with van der Waals surface area (Å²) in [7, 11) is -3.76. The summed E-state index contributed by atoms with van der Waals surface area (Å²) in [6.07, 6.45) is 2.21. The lowest BCUT2D eigenvalue weighted by atomic mass is 10.2. The first-order chi connectivity index (χ1) is 16.3. The van der Waals surface area contributed by atoms with Crippen molar-refractivity contribution in [1.29, 1.82) is 0 Å². The van der Waals surface area contributed by atoms with Gasteiger partial charge >= 0.3 is 0 Å². The number of amides is 3. The van der Waals surface area contributed by atoms with Gasteiger partial charge in [0.2, 0.25) is 27.7 Å². The third-order valence-corrected chi connectivity index (χ3v) is 8.03. The zero-order chi connectivity index (χ0) is 24.1. The Morgan fingerprint density at radius 1 is 1.06 bits per heavy atom. The first kappa shape index (κ1) is 24.6. The maximum atomic E-state index is 13.1. The quantitative estimate of drug-likeness (QED) is 0.481.